The van der Waals surface area contributed by atoms with Crippen molar-refractivity contribution in [3.05, 3.63) is 64.8 Å². The predicted octanol–water partition coefficient (Wildman–Crippen LogP) is 4.32. The minimum Gasteiger partial charge on any atom is -0.339 e. The number of carbonyl (C=O) groups is 1. The molecule has 1 aromatic heterocycles. The molecule has 0 radical (unpaired) electrons. The molecule has 4 rings (SSSR count). The maximum atomic E-state index is 11.8. The van der Waals surface area contributed by atoms with Crippen molar-refractivity contribution in [3.8, 4) is 6.19 Å². The van der Waals surface area contributed by atoms with Gasteiger partial charge >= 0.3 is 6.03 Å². The fourth-order valence-corrected chi connectivity index (χ4v) is 3.21. The number of halogens is 1. The van der Waals surface area contributed by atoms with Crippen LogP contribution < -0.4 is 21.3 Å². The van der Waals surface area contributed by atoms with Crippen molar-refractivity contribution >= 4 is 46.5 Å². The first-order valence-electron chi connectivity index (χ1n) is 8.85. The van der Waals surface area contributed by atoms with E-state index < -0.39 is 6.03 Å². The Bertz CT molecular complexity index is 1130. The van der Waals surface area contributed by atoms with E-state index in [0.717, 1.165) is 28.9 Å². The Balaban J connectivity index is 1.76. The molecule has 0 saturated heterocycles. The van der Waals surface area contributed by atoms with Gasteiger partial charge in [0.15, 0.2) is 12.0 Å². The summed E-state index contributed by atoms with van der Waals surface area (Å²) < 4.78 is 0. The zero-order valence-electron chi connectivity index (χ0n) is 15.2. The van der Waals surface area contributed by atoms with Gasteiger partial charge in [-0.2, -0.15) is 10.2 Å². The summed E-state index contributed by atoms with van der Waals surface area (Å²) >= 11 is 6.26. The fourth-order valence-electron chi connectivity index (χ4n) is 3.07. The van der Waals surface area contributed by atoms with Crippen LogP contribution in [0.2, 0.25) is 5.02 Å². The van der Waals surface area contributed by atoms with Crippen molar-refractivity contribution in [1.29, 1.82) is 5.26 Å². The normalized spacial score (nSPS) is 12.0. The Morgan fingerprint density at radius 3 is 2.86 bits per heavy atom. The summed E-state index contributed by atoms with van der Waals surface area (Å²) in [6.07, 6.45) is 4.59. The van der Waals surface area contributed by atoms with Crippen molar-refractivity contribution in [2.45, 2.75) is 12.8 Å². The highest BCUT2D eigenvalue weighted by molar-refractivity contribution is 6.32. The van der Waals surface area contributed by atoms with Crippen molar-refractivity contribution in [1.82, 2.24) is 15.3 Å². The molecule has 0 aliphatic carbocycles. The first-order valence-corrected chi connectivity index (χ1v) is 9.23. The third kappa shape index (κ3) is 4.36. The molecule has 29 heavy (non-hydrogen) atoms. The van der Waals surface area contributed by atoms with Gasteiger partial charge in [-0.1, -0.05) is 23.7 Å². The van der Waals surface area contributed by atoms with E-state index in [2.05, 4.69) is 31.2 Å². The summed E-state index contributed by atoms with van der Waals surface area (Å²) in [5.41, 5.74) is 4.29. The SMILES string of the molecule is N#CNC(=O)Nc1ccc2cc1CCc1cccc(c1)Nc1ncc(Cl)c(n1)N2. The quantitative estimate of drug-likeness (QED) is 0.354. The molecule has 144 valence electrons. The predicted molar refractivity (Wildman–Crippen MR) is 112 cm³/mol. The van der Waals surface area contributed by atoms with Crippen LogP contribution in [0.15, 0.2) is 48.7 Å². The van der Waals surface area contributed by atoms with Crippen molar-refractivity contribution in [2.75, 3.05) is 16.0 Å². The number of hydrogen-bond acceptors (Lipinski definition) is 6. The van der Waals surface area contributed by atoms with E-state index in [-0.39, 0.29) is 0 Å². The van der Waals surface area contributed by atoms with Gasteiger partial charge in [0.1, 0.15) is 5.02 Å². The molecule has 1 aliphatic heterocycles. The van der Waals surface area contributed by atoms with Gasteiger partial charge in [0, 0.05) is 17.1 Å². The number of benzene rings is 2. The lowest BCUT2D eigenvalue weighted by Crippen LogP contribution is -2.24. The number of hydrogen-bond donors (Lipinski definition) is 4. The van der Waals surface area contributed by atoms with Crippen molar-refractivity contribution in [2.24, 2.45) is 0 Å². The number of aromatic nitrogens is 2. The smallest absolute Gasteiger partial charge is 0.332 e. The lowest BCUT2D eigenvalue weighted by molar-refractivity contribution is 0.255. The molecule has 9 heteroatoms. The molecule has 8 nitrogen and oxygen atoms in total. The molecule has 1 aliphatic rings. The van der Waals surface area contributed by atoms with E-state index in [1.165, 1.54) is 6.20 Å². The zero-order chi connectivity index (χ0) is 20.2. The van der Waals surface area contributed by atoms with E-state index in [0.29, 0.717) is 28.9 Å². The van der Waals surface area contributed by atoms with Gasteiger partial charge in [0.25, 0.3) is 0 Å². The molecular weight excluding hydrogens is 390 g/mol. The molecule has 2 aromatic carbocycles. The topological polar surface area (TPSA) is 115 Å². The molecule has 0 atom stereocenters. The molecule has 0 fully saturated rings. The summed E-state index contributed by atoms with van der Waals surface area (Å²) in [5.74, 6) is 0.897. The highest BCUT2D eigenvalue weighted by Crippen LogP contribution is 2.29. The van der Waals surface area contributed by atoms with E-state index >= 15 is 0 Å². The molecule has 4 N–H and O–H groups in total. The number of amides is 2. The fraction of sp³-hybridized carbons (Fsp3) is 0.100. The molecule has 0 unspecified atom stereocenters. The molecule has 0 spiro atoms. The standard InChI is InChI=1S/C20H16ClN7O/c21-16-10-23-19-26-14-3-1-2-12(8-14)4-5-13-9-15(25-18(16)28-19)6-7-17(13)27-20(29)24-11-22/h1-3,6-10H,4-5H2,(H2,24,27,29)(H2,23,25,26,28). The van der Waals surface area contributed by atoms with Crippen LogP contribution in [0.1, 0.15) is 11.1 Å². The Hall–Kier alpha value is -3.83. The van der Waals surface area contributed by atoms with Crippen LogP contribution in [0.5, 0.6) is 0 Å². The zero-order valence-corrected chi connectivity index (χ0v) is 15.9. The third-order valence-electron chi connectivity index (χ3n) is 4.40. The summed E-state index contributed by atoms with van der Waals surface area (Å²) in [6.45, 7) is 0. The van der Waals surface area contributed by atoms with Gasteiger partial charge in [-0.25, -0.2) is 15.1 Å². The Labute approximate surface area is 171 Å². The van der Waals surface area contributed by atoms with E-state index in [1.54, 1.807) is 18.3 Å². The minimum atomic E-state index is -0.581. The van der Waals surface area contributed by atoms with Crippen LogP contribution in [0, 0.1) is 11.5 Å². The van der Waals surface area contributed by atoms with E-state index in [1.807, 2.05) is 30.3 Å². The average molecular weight is 406 g/mol. The van der Waals surface area contributed by atoms with Gasteiger partial charge in [0.2, 0.25) is 5.95 Å². The highest BCUT2D eigenvalue weighted by Gasteiger charge is 2.12. The Morgan fingerprint density at radius 1 is 1.14 bits per heavy atom. The largest absolute Gasteiger partial charge is 0.339 e. The summed E-state index contributed by atoms with van der Waals surface area (Å²) in [4.78, 5) is 20.5. The molecule has 6 bridgehead atoms. The first-order chi connectivity index (χ1) is 14.1. The van der Waals surface area contributed by atoms with Crippen LogP contribution in [-0.4, -0.2) is 16.0 Å². The number of nitrogens with one attached hydrogen (secondary N) is 4. The second-order valence-corrected chi connectivity index (χ2v) is 6.81. The molecule has 2 amide bonds. The van der Waals surface area contributed by atoms with Gasteiger partial charge in [0.05, 0.1) is 6.20 Å². The first kappa shape index (κ1) is 18.5. The maximum absolute atomic E-state index is 11.8. The van der Waals surface area contributed by atoms with Gasteiger partial charge in [-0.3, -0.25) is 0 Å². The lowest BCUT2D eigenvalue weighted by atomic mass is 10.0. The van der Waals surface area contributed by atoms with Crippen LogP contribution in [0.3, 0.4) is 0 Å². The van der Waals surface area contributed by atoms with E-state index in [9.17, 15) is 4.79 Å². The molecule has 2 heterocycles. The summed E-state index contributed by atoms with van der Waals surface area (Å²) in [6, 6.07) is 12.9. The summed E-state index contributed by atoms with van der Waals surface area (Å²) in [5, 5.41) is 20.2. The molecule has 0 saturated carbocycles. The number of urea groups is 1. The van der Waals surface area contributed by atoms with Gasteiger partial charge in [-0.15, -0.1) is 0 Å². The number of nitrogens with zero attached hydrogens (tertiary/aromatic N) is 3. The second kappa shape index (κ2) is 8.04. The second-order valence-electron chi connectivity index (χ2n) is 6.40. The number of carbonyl (C=O) groups excluding carboxylic acids is 1. The van der Waals surface area contributed by atoms with Crippen molar-refractivity contribution in [3.63, 3.8) is 0 Å². The summed E-state index contributed by atoms with van der Waals surface area (Å²) in [7, 11) is 0. The number of rotatable bonds is 1. The van der Waals surface area contributed by atoms with Gasteiger partial charge < -0.3 is 16.0 Å². The number of fused-ring (bicyclic) bond motifs is 6. The van der Waals surface area contributed by atoms with Crippen LogP contribution in [0.4, 0.5) is 33.6 Å². The number of nitriles is 1. The number of aryl methyl sites for hydroxylation is 2. The highest BCUT2D eigenvalue weighted by atomic mass is 35.5. The lowest BCUT2D eigenvalue weighted by Gasteiger charge is -2.14. The van der Waals surface area contributed by atoms with Gasteiger partial charge in [-0.05, 0) is 54.3 Å². The monoisotopic (exact) mass is 405 g/mol. The average Bonchev–Trinajstić information content (AvgIpc) is 2.71. The third-order valence-corrected chi connectivity index (χ3v) is 4.67. The van der Waals surface area contributed by atoms with Crippen molar-refractivity contribution < 1.29 is 4.79 Å². The molecule has 3 aromatic rings. The van der Waals surface area contributed by atoms with Crippen LogP contribution >= 0.6 is 11.6 Å². The van der Waals surface area contributed by atoms with Crippen LogP contribution in [-0.2, 0) is 12.8 Å². The Kier molecular flexibility index (Phi) is 5.14. The van der Waals surface area contributed by atoms with Crippen LogP contribution in [0.25, 0.3) is 0 Å². The number of anilines is 5. The Morgan fingerprint density at radius 2 is 2.00 bits per heavy atom. The minimum absolute atomic E-state index is 0.385. The van der Waals surface area contributed by atoms with E-state index in [4.69, 9.17) is 16.9 Å². The molecular formula is C20H16ClN7O. The maximum Gasteiger partial charge on any atom is 0.332 e.